The summed E-state index contributed by atoms with van der Waals surface area (Å²) in [5.41, 5.74) is -0.842. The zero-order valence-electron chi connectivity index (χ0n) is 11.7. The van der Waals surface area contributed by atoms with Gasteiger partial charge < -0.3 is 20.3 Å². The van der Waals surface area contributed by atoms with E-state index in [2.05, 4.69) is 20.1 Å². The average Bonchev–Trinajstić information content (AvgIpc) is 2.47. The molecule has 126 valence electrons. The Labute approximate surface area is 128 Å². The predicted molar refractivity (Wildman–Crippen MR) is 70.5 cm³/mol. The van der Waals surface area contributed by atoms with Gasteiger partial charge in [0.25, 0.3) is 0 Å². The number of nitrogens with zero attached hydrogens (tertiary/aromatic N) is 1. The Kier molecular flexibility index (Phi) is 3.80. The fourth-order valence-corrected chi connectivity index (χ4v) is 2.35. The molecule has 2 aliphatic rings. The number of amides is 2. The van der Waals surface area contributed by atoms with E-state index < -0.39 is 29.7 Å². The number of halogens is 4. The number of anilines is 1. The van der Waals surface area contributed by atoms with E-state index in [1.54, 1.807) is 0 Å². The standard InChI is InChI=1S/C13H13F4N3O3/c14-12(15)9-7-8(1-2-10(9)22-13(16,17)23-12)19-11(21)20-5-3-18-4-6-20/h1-2,7,18H,3-6H2,(H,19,21). The number of alkyl halides is 4. The highest BCUT2D eigenvalue weighted by Gasteiger charge is 2.54. The first-order valence-electron chi connectivity index (χ1n) is 6.83. The van der Waals surface area contributed by atoms with Crippen LogP contribution >= 0.6 is 0 Å². The summed E-state index contributed by atoms with van der Waals surface area (Å²) in [5, 5.41) is 5.52. The van der Waals surface area contributed by atoms with Crippen LogP contribution in [0.4, 0.5) is 28.0 Å². The zero-order chi connectivity index (χ0) is 16.7. The smallest absolute Gasteiger partial charge is 0.409 e. The first-order valence-corrected chi connectivity index (χ1v) is 6.83. The number of carbonyl (C=O) groups excluding carboxylic acids is 1. The van der Waals surface area contributed by atoms with E-state index in [1.807, 2.05) is 0 Å². The molecule has 1 saturated heterocycles. The Morgan fingerprint density at radius 2 is 1.91 bits per heavy atom. The lowest BCUT2D eigenvalue weighted by Crippen LogP contribution is -2.48. The van der Waals surface area contributed by atoms with E-state index in [-0.39, 0.29) is 5.69 Å². The van der Waals surface area contributed by atoms with Gasteiger partial charge in [-0.2, -0.15) is 8.78 Å². The van der Waals surface area contributed by atoms with Crippen LogP contribution in [-0.4, -0.2) is 43.4 Å². The molecular weight excluding hydrogens is 322 g/mol. The lowest BCUT2D eigenvalue weighted by molar-refractivity contribution is -0.461. The van der Waals surface area contributed by atoms with Gasteiger partial charge >= 0.3 is 18.4 Å². The minimum atomic E-state index is -4.41. The Hall–Kier alpha value is -2.07. The van der Waals surface area contributed by atoms with Crippen LogP contribution in [0.25, 0.3) is 0 Å². The number of fused-ring (bicyclic) bond motifs is 1. The molecule has 0 atom stereocenters. The quantitative estimate of drug-likeness (QED) is 0.772. The summed E-state index contributed by atoms with van der Waals surface area (Å²) in [6.07, 6.45) is -8.64. The first-order chi connectivity index (χ1) is 10.8. The molecule has 0 radical (unpaired) electrons. The first kappa shape index (κ1) is 15.8. The summed E-state index contributed by atoms with van der Waals surface area (Å²) in [6.45, 7) is 2.22. The largest absolute Gasteiger partial charge is 0.540 e. The molecule has 6 nitrogen and oxygen atoms in total. The molecule has 0 bridgehead atoms. The zero-order valence-corrected chi connectivity index (χ0v) is 11.7. The van der Waals surface area contributed by atoms with Crippen molar-refractivity contribution in [2.24, 2.45) is 0 Å². The Morgan fingerprint density at radius 3 is 2.61 bits per heavy atom. The topological polar surface area (TPSA) is 62.8 Å². The third-order valence-electron chi connectivity index (χ3n) is 3.42. The molecule has 2 heterocycles. The van der Waals surface area contributed by atoms with Crippen molar-refractivity contribution in [1.82, 2.24) is 10.2 Å². The number of carbonyl (C=O) groups is 1. The molecule has 0 aliphatic carbocycles. The predicted octanol–water partition coefficient (Wildman–Crippen LogP) is 2.13. The van der Waals surface area contributed by atoms with Gasteiger partial charge in [0.1, 0.15) is 5.75 Å². The number of urea groups is 1. The Morgan fingerprint density at radius 1 is 1.22 bits per heavy atom. The molecule has 10 heteroatoms. The van der Waals surface area contributed by atoms with Crippen LogP contribution in [0.3, 0.4) is 0 Å². The summed E-state index contributed by atoms with van der Waals surface area (Å²) in [6, 6.07) is 2.53. The number of nitrogens with one attached hydrogen (secondary N) is 2. The lowest BCUT2D eigenvalue weighted by atomic mass is 10.1. The molecule has 23 heavy (non-hydrogen) atoms. The van der Waals surface area contributed by atoms with Crippen molar-refractivity contribution in [2.45, 2.75) is 12.4 Å². The van der Waals surface area contributed by atoms with Crippen LogP contribution in [0, 0.1) is 0 Å². The average molecular weight is 335 g/mol. The molecule has 2 aliphatic heterocycles. The second-order valence-electron chi connectivity index (χ2n) is 5.06. The van der Waals surface area contributed by atoms with Crippen molar-refractivity contribution < 1.29 is 31.8 Å². The molecule has 0 aromatic heterocycles. The van der Waals surface area contributed by atoms with Crippen molar-refractivity contribution >= 4 is 11.7 Å². The van der Waals surface area contributed by atoms with Crippen LogP contribution in [0.15, 0.2) is 18.2 Å². The second kappa shape index (κ2) is 5.53. The molecule has 1 aromatic carbocycles. The van der Waals surface area contributed by atoms with Gasteiger partial charge in [0.05, 0.1) is 5.56 Å². The maximum Gasteiger partial charge on any atom is 0.540 e. The summed E-state index contributed by atoms with van der Waals surface area (Å²) < 4.78 is 60.6. The van der Waals surface area contributed by atoms with Crippen LogP contribution in [-0.2, 0) is 10.8 Å². The summed E-state index contributed by atoms with van der Waals surface area (Å²) in [7, 11) is 0. The highest BCUT2D eigenvalue weighted by atomic mass is 19.3. The molecule has 2 N–H and O–H groups in total. The Balaban J connectivity index is 1.79. The highest BCUT2D eigenvalue weighted by molar-refractivity contribution is 5.89. The van der Waals surface area contributed by atoms with Gasteiger partial charge in [-0.15, -0.1) is 8.78 Å². The van der Waals surface area contributed by atoms with E-state index in [4.69, 9.17) is 0 Å². The van der Waals surface area contributed by atoms with Gasteiger partial charge in [0, 0.05) is 31.9 Å². The molecule has 0 unspecified atom stereocenters. The molecule has 2 amide bonds. The molecule has 0 spiro atoms. The van der Waals surface area contributed by atoms with E-state index >= 15 is 0 Å². The van der Waals surface area contributed by atoms with Gasteiger partial charge in [-0.3, -0.25) is 0 Å². The van der Waals surface area contributed by atoms with Crippen molar-refractivity contribution in [3.05, 3.63) is 23.8 Å². The fourth-order valence-electron chi connectivity index (χ4n) is 2.35. The minimum absolute atomic E-state index is 0.0318. The van der Waals surface area contributed by atoms with E-state index in [0.717, 1.165) is 12.1 Å². The lowest BCUT2D eigenvalue weighted by Gasteiger charge is -2.31. The van der Waals surface area contributed by atoms with Crippen LogP contribution in [0.2, 0.25) is 0 Å². The van der Waals surface area contributed by atoms with Gasteiger partial charge in [-0.25, -0.2) is 9.53 Å². The minimum Gasteiger partial charge on any atom is -0.409 e. The van der Waals surface area contributed by atoms with Crippen LogP contribution < -0.4 is 15.4 Å². The second-order valence-corrected chi connectivity index (χ2v) is 5.06. The maximum absolute atomic E-state index is 13.7. The van der Waals surface area contributed by atoms with Crippen LogP contribution in [0.5, 0.6) is 5.75 Å². The monoisotopic (exact) mass is 335 g/mol. The van der Waals surface area contributed by atoms with E-state index in [0.29, 0.717) is 26.2 Å². The summed E-state index contributed by atoms with van der Waals surface area (Å²) in [4.78, 5) is 13.5. The number of benzene rings is 1. The maximum atomic E-state index is 13.7. The van der Waals surface area contributed by atoms with Crippen molar-refractivity contribution in [3.8, 4) is 5.75 Å². The third-order valence-corrected chi connectivity index (χ3v) is 3.42. The normalized spacial score (nSPS) is 22.0. The highest BCUT2D eigenvalue weighted by Crippen LogP contribution is 2.46. The number of ether oxygens (including phenoxy) is 2. The van der Waals surface area contributed by atoms with Gasteiger partial charge in [0.2, 0.25) is 0 Å². The van der Waals surface area contributed by atoms with Crippen molar-refractivity contribution in [2.75, 3.05) is 31.5 Å². The summed E-state index contributed by atoms with van der Waals surface area (Å²) in [5.74, 6) is -0.702. The molecule has 3 rings (SSSR count). The fraction of sp³-hybridized carbons (Fsp3) is 0.462. The van der Waals surface area contributed by atoms with Crippen molar-refractivity contribution in [3.63, 3.8) is 0 Å². The third kappa shape index (κ3) is 3.32. The Bertz CT molecular complexity index is 620. The summed E-state index contributed by atoms with van der Waals surface area (Å²) >= 11 is 0. The molecule has 1 fully saturated rings. The number of hydrogen-bond donors (Lipinski definition) is 2. The van der Waals surface area contributed by atoms with Crippen molar-refractivity contribution in [1.29, 1.82) is 0 Å². The molecule has 1 aromatic rings. The SMILES string of the molecule is O=C(Nc1ccc2c(c1)C(F)(F)OC(F)(F)O2)N1CCNCC1. The van der Waals surface area contributed by atoms with Gasteiger partial charge in [0.15, 0.2) is 0 Å². The number of piperazine rings is 1. The molecule has 0 saturated carbocycles. The van der Waals surface area contributed by atoms with Gasteiger partial charge in [-0.1, -0.05) is 0 Å². The van der Waals surface area contributed by atoms with Gasteiger partial charge in [-0.05, 0) is 18.2 Å². The van der Waals surface area contributed by atoms with E-state index in [1.165, 1.54) is 11.0 Å². The number of hydrogen-bond acceptors (Lipinski definition) is 4. The molecular formula is C13H13F4N3O3. The number of rotatable bonds is 1. The van der Waals surface area contributed by atoms with Crippen LogP contribution in [0.1, 0.15) is 5.56 Å². The van der Waals surface area contributed by atoms with E-state index in [9.17, 15) is 22.4 Å².